The largest absolute Gasteiger partial charge is 0.490 e. The second-order valence-corrected chi connectivity index (χ2v) is 6.99. The van der Waals surface area contributed by atoms with Gasteiger partial charge in [0.05, 0.1) is 6.10 Å². The van der Waals surface area contributed by atoms with Crippen LogP contribution in [0.3, 0.4) is 0 Å². The Bertz CT molecular complexity index is 465. The molecular formula is C18H25NO. The number of nitrogens with one attached hydrogen (secondary N) is 1. The molecule has 0 aromatic heterocycles. The molecule has 0 aliphatic heterocycles. The first-order chi connectivity index (χ1) is 9.83. The molecule has 1 aromatic carbocycles. The van der Waals surface area contributed by atoms with E-state index in [-0.39, 0.29) is 0 Å². The number of fused-ring (bicyclic) bond motifs is 2. The number of rotatable bonds is 5. The van der Waals surface area contributed by atoms with Crippen molar-refractivity contribution in [1.82, 2.24) is 5.32 Å². The van der Waals surface area contributed by atoms with Crippen LogP contribution >= 0.6 is 0 Å². The van der Waals surface area contributed by atoms with Crippen molar-refractivity contribution < 1.29 is 4.74 Å². The van der Waals surface area contributed by atoms with Gasteiger partial charge in [0.15, 0.2) is 0 Å². The van der Waals surface area contributed by atoms with Crippen molar-refractivity contribution in [3.63, 3.8) is 0 Å². The first-order valence-electron chi connectivity index (χ1n) is 8.27. The maximum atomic E-state index is 5.85. The SMILES string of the molecule is CNC(c1ccc(OC2CC2)cc1)C1CC2CCC1C2. The molecule has 0 heterocycles. The second-order valence-electron chi connectivity index (χ2n) is 6.99. The first-order valence-corrected chi connectivity index (χ1v) is 8.27. The highest BCUT2D eigenvalue weighted by molar-refractivity contribution is 5.30. The van der Waals surface area contributed by atoms with Crippen molar-refractivity contribution in [2.75, 3.05) is 7.05 Å². The predicted octanol–water partition coefficient (Wildman–Crippen LogP) is 3.92. The van der Waals surface area contributed by atoms with Crippen molar-refractivity contribution in [2.45, 2.75) is 50.7 Å². The molecule has 1 N–H and O–H groups in total. The highest BCUT2D eigenvalue weighted by atomic mass is 16.5. The fraction of sp³-hybridized carbons (Fsp3) is 0.667. The van der Waals surface area contributed by atoms with Gasteiger partial charge in [-0.05, 0) is 74.6 Å². The Morgan fingerprint density at radius 2 is 1.85 bits per heavy atom. The first kappa shape index (κ1) is 12.7. The average Bonchev–Trinajstić information content (AvgIpc) is 3.04. The number of hydrogen-bond donors (Lipinski definition) is 1. The van der Waals surface area contributed by atoms with Crippen LogP contribution in [-0.2, 0) is 0 Å². The molecule has 2 bridgehead atoms. The van der Waals surface area contributed by atoms with Gasteiger partial charge in [0.2, 0.25) is 0 Å². The van der Waals surface area contributed by atoms with Crippen LogP contribution in [0.2, 0.25) is 0 Å². The van der Waals surface area contributed by atoms with Crippen molar-refractivity contribution in [2.24, 2.45) is 17.8 Å². The predicted molar refractivity (Wildman–Crippen MR) is 80.8 cm³/mol. The minimum absolute atomic E-state index is 0.492. The Kier molecular flexibility index (Phi) is 3.22. The molecule has 108 valence electrons. The molecule has 20 heavy (non-hydrogen) atoms. The molecule has 2 nitrogen and oxygen atoms in total. The lowest BCUT2D eigenvalue weighted by Crippen LogP contribution is -2.28. The molecule has 3 aliphatic rings. The highest BCUT2D eigenvalue weighted by Gasteiger charge is 2.43. The van der Waals surface area contributed by atoms with Crippen LogP contribution in [-0.4, -0.2) is 13.2 Å². The molecule has 3 aliphatic carbocycles. The Morgan fingerprint density at radius 1 is 1.05 bits per heavy atom. The van der Waals surface area contributed by atoms with Gasteiger partial charge in [0, 0.05) is 6.04 Å². The Labute approximate surface area is 121 Å². The number of hydrogen-bond acceptors (Lipinski definition) is 2. The van der Waals surface area contributed by atoms with Gasteiger partial charge in [-0.15, -0.1) is 0 Å². The van der Waals surface area contributed by atoms with E-state index in [1.165, 1.54) is 44.1 Å². The standard InChI is InChI=1S/C18H25NO/c1-19-18(17-11-12-2-3-14(17)10-12)13-4-6-15(7-5-13)20-16-8-9-16/h4-7,12,14,16-19H,2-3,8-11H2,1H3. The van der Waals surface area contributed by atoms with Crippen LogP contribution in [0.25, 0.3) is 0 Å². The molecule has 0 spiro atoms. The summed E-state index contributed by atoms with van der Waals surface area (Å²) in [5.41, 5.74) is 1.44. The van der Waals surface area contributed by atoms with Gasteiger partial charge >= 0.3 is 0 Å². The highest BCUT2D eigenvalue weighted by Crippen LogP contribution is 2.52. The van der Waals surface area contributed by atoms with Gasteiger partial charge in [-0.2, -0.15) is 0 Å². The van der Waals surface area contributed by atoms with Gasteiger partial charge < -0.3 is 10.1 Å². The van der Waals surface area contributed by atoms with Gasteiger partial charge in [0.1, 0.15) is 5.75 Å². The van der Waals surface area contributed by atoms with Gasteiger partial charge in [-0.25, -0.2) is 0 Å². The van der Waals surface area contributed by atoms with E-state index in [4.69, 9.17) is 4.74 Å². The molecule has 0 radical (unpaired) electrons. The quantitative estimate of drug-likeness (QED) is 0.876. The maximum Gasteiger partial charge on any atom is 0.119 e. The third-order valence-corrected chi connectivity index (χ3v) is 5.60. The number of benzene rings is 1. The van der Waals surface area contributed by atoms with Crippen LogP contribution in [0, 0.1) is 17.8 Å². The van der Waals surface area contributed by atoms with Crippen LogP contribution in [0.4, 0.5) is 0 Å². The monoisotopic (exact) mass is 271 g/mol. The van der Waals surface area contributed by atoms with Crippen LogP contribution in [0.1, 0.15) is 50.1 Å². The topological polar surface area (TPSA) is 21.3 Å². The Morgan fingerprint density at radius 3 is 2.40 bits per heavy atom. The van der Waals surface area contributed by atoms with Crippen LogP contribution < -0.4 is 10.1 Å². The third kappa shape index (κ3) is 2.35. The van der Waals surface area contributed by atoms with Gasteiger partial charge in [0.25, 0.3) is 0 Å². The summed E-state index contributed by atoms with van der Waals surface area (Å²) in [6.07, 6.45) is 8.79. The van der Waals surface area contributed by atoms with E-state index >= 15 is 0 Å². The van der Waals surface area contributed by atoms with Crippen LogP contribution in [0.15, 0.2) is 24.3 Å². The van der Waals surface area contributed by atoms with Gasteiger partial charge in [-0.3, -0.25) is 0 Å². The molecule has 4 atom stereocenters. The Balaban J connectivity index is 1.49. The summed E-state index contributed by atoms with van der Waals surface area (Å²) in [7, 11) is 2.12. The zero-order valence-corrected chi connectivity index (χ0v) is 12.3. The summed E-state index contributed by atoms with van der Waals surface area (Å²) in [4.78, 5) is 0. The van der Waals surface area contributed by atoms with Crippen LogP contribution in [0.5, 0.6) is 5.75 Å². The summed E-state index contributed by atoms with van der Waals surface area (Å²) in [6, 6.07) is 9.38. The molecule has 0 amide bonds. The maximum absolute atomic E-state index is 5.85. The lowest BCUT2D eigenvalue weighted by molar-refractivity contribution is 0.259. The summed E-state index contributed by atoms with van der Waals surface area (Å²) in [5, 5.41) is 3.58. The summed E-state index contributed by atoms with van der Waals surface area (Å²) < 4.78 is 5.85. The molecule has 3 saturated carbocycles. The molecule has 4 rings (SSSR count). The molecular weight excluding hydrogens is 246 g/mol. The molecule has 0 saturated heterocycles. The van der Waals surface area contributed by atoms with E-state index in [0.717, 1.165) is 23.5 Å². The Hall–Kier alpha value is -1.02. The van der Waals surface area contributed by atoms with E-state index < -0.39 is 0 Å². The summed E-state index contributed by atoms with van der Waals surface area (Å²) >= 11 is 0. The van der Waals surface area contributed by atoms with Crippen molar-refractivity contribution in [3.8, 4) is 5.75 Å². The minimum atomic E-state index is 0.492. The minimum Gasteiger partial charge on any atom is -0.490 e. The average molecular weight is 271 g/mol. The third-order valence-electron chi connectivity index (χ3n) is 5.60. The molecule has 3 fully saturated rings. The summed E-state index contributed by atoms with van der Waals surface area (Å²) in [5.74, 6) is 3.85. The van der Waals surface area contributed by atoms with Crippen molar-refractivity contribution >= 4 is 0 Å². The number of ether oxygens (including phenoxy) is 1. The molecule has 1 aromatic rings. The second kappa shape index (κ2) is 5.07. The van der Waals surface area contributed by atoms with E-state index in [0.29, 0.717) is 12.1 Å². The zero-order valence-electron chi connectivity index (χ0n) is 12.3. The summed E-state index contributed by atoms with van der Waals surface area (Å²) in [6.45, 7) is 0. The molecule has 4 unspecified atom stereocenters. The fourth-order valence-corrected chi connectivity index (χ4v) is 4.46. The smallest absolute Gasteiger partial charge is 0.119 e. The lowest BCUT2D eigenvalue weighted by Gasteiger charge is -2.30. The normalized spacial score (nSPS) is 33.4. The zero-order chi connectivity index (χ0) is 13.5. The lowest BCUT2D eigenvalue weighted by atomic mass is 9.80. The van der Waals surface area contributed by atoms with E-state index in [1.54, 1.807) is 0 Å². The van der Waals surface area contributed by atoms with E-state index in [9.17, 15) is 0 Å². The van der Waals surface area contributed by atoms with E-state index in [2.05, 4.69) is 36.6 Å². The van der Waals surface area contributed by atoms with Crippen molar-refractivity contribution in [3.05, 3.63) is 29.8 Å². The fourth-order valence-electron chi connectivity index (χ4n) is 4.46. The van der Waals surface area contributed by atoms with Gasteiger partial charge in [-0.1, -0.05) is 18.6 Å². The van der Waals surface area contributed by atoms with E-state index in [1.807, 2.05) is 0 Å². The van der Waals surface area contributed by atoms with Crippen molar-refractivity contribution in [1.29, 1.82) is 0 Å². The molecule has 2 heteroatoms.